The van der Waals surface area contributed by atoms with Gasteiger partial charge >= 0.3 is 5.97 Å². The number of imidazole rings is 1. The number of aryl methyl sites for hydroxylation is 1. The third-order valence-electron chi connectivity index (χ3n) is 5.92. The Kier molecular flexibility index (Phi) is 6.20. The number of aliphatic carboxylic acids is 1. The number of aromatic nitrogens is 3. The number of aromatic amines is 1. The summed E-state index contributed by atoms with van der Waals surface area (Å²) in [6, 6.07) is 7.30. The second kappa shape index (κ2) is 9.03. The lowest BCUT2D eigenvalue weighted by atomic mass is 10.00. The molecule has 164 valence electrons. The summed E-state index contributed by atoms with van der Waals surface area (Å²) in [6.07, 6.45) is 3.74. The second-order valence-corrected chi connectivity index (χ2v) is 8.27. The minimum Gasteiger partial charge on any atom is -0.480 e. The highest BCUT2D eigenvalue weighted by atomic mass is 16.5. The number of fused-ring (bicyclic) bond motifs is 1. The van der Waals surface area contributed by atoms with Crippen molar-refractivity contribution >= 4 is 17.0 Å². The summed E-state index contributed by atoms with van der Waals surface area (Å²) in [5, 5.41) is 12.1. The van der Waals surface area contributed by atoms with Gasteiger partial charge in [-0.3, -0.25) is 9.59 Å². The number of nitrogens with one attached hydrogen (secondary N) is 2. The highest BCUT2D eigenvalue weighted by Gasteiger charge is 2.20. The van der Waals surface area contributed by atoms with Crippen molar-refractivity contribution < 1.29 is 14.6 Å². The van der Waals surface area contributed by atoms with Crippen LogP contribution in [0.1, 0.15) is 30.9 Å². The normalized spacial score (nSPS) is 15.9. The number of carboxylic acid groups (broad SMARTS) is 1. The van der Waals surface area contributed by atoms with Gasteiger partial charge in [0.25, 0.3) is 5.56 Å². The molecule has 1 aliphatic heterocycles. The molecule has 0 spiro atoms. The third-order valence-corrected chi connectivity index (χ3v) is 5.92. The molecule has 1 fully saturated rings. The Morgan fingerprint density at radius 2 is 2.13 bits per heavy atom. The molecule has 2 aromatic heterocycles. The average molecular weight is 425 g/mol. The molecule has 8 nitrogen and oxygen atoms in total. The molecule has 1 atom stereocenters. The molecule has 0 bridgehead atoms. The molecule has 0 unspecified atom stereocenters. The number of rotatable bonds is 7. The van der Waals surface area contributed by atoms with Gasteiger partial charge in [0.2, 0.25) is 0 Å². The van der Waals surface area contributed by atoms with Crippen LogP contribution in [0.15, 0.2) is 35.3 Å². The van der Waals surface area contributed by atoms with Gasteiger partial charge in [0.15, 0.2) is 0 Å². The predicted molar refractivity (Wildman–Crippen MR) is 118 cm³/mol. The van der Waals surface area contributed by atoms with Crippen LogP contribution in [0.2, 0.25) is 0 Å². The van der Waals surface area contributed by atoms with Crippen LogP contribution in [0, 0.1) is 12.8 Å². The van der Waals surface area contributed by atoms with Gasteiger partial charge in [0.05, 0.1) is 11.0 Å². The Morgan fingerprint density at radius 3 is 2.84 bits per heavy atom. The number of hydrogen-bond donors (Lipinski definition) is 3. The standard InChI is InChI=1S/C23H28N4O4/c1-14-9-18(12-25-22(14)28)21-26-19-10-17(11-24-15(2)23(29)30)3-4-20(19)27(21)13-16-5-7-31-8-6-16/h3-4,9-10,12,15-16,24H,5-8,11,13H2,1-2H3,(H,25,28)(H,29,30)/t15-/m0/s1. The van der Waals surface area contributed by atoms with Crippen molar-refractivity contribution in [1.29, 1.82) is 0 Å². The molecule has 0 saturated carbocycles. The molecule has 1 saturated heterocycles. The Bertz CT molecular complexity index is 1140. The number of nitrogens with zero attached hydrogens (tertiary/aromatic N) is 2. The van der Waals surface area contributed by atoms with Crippen LogP contribution >= 0.6 is 0 Å². The van der Waals surface area contributed by atoms with Gasteiger partial charge in [-0.1, -0.05) is 6.07 Å². The van der Waals surface area contributed by atoms with E-state index in [1.54, 1.807) is 20.0 Å². The van der Waals surface area contributed by atoms with E-state index >= 15 is 0 Å². The third kappa shape index (κ3) is 4.70. The summed E-state index contributed by atoms with van der Waals surface area (Å²) < 4.78 is 7.75. The van der Waals surface area contributed by atoms with Crippen molar-refractivity contribution in [1.82, 2.24) is 19.9 Å². The molecule has 0 amide bonds. The summed E-state index contributed by atoms with van der Waals surface area (Å²) in [5.74, 6) is 0.453. The first-order valence-corrected chi connectivity index (χ1v) is 10.6. The van der Waals surface area contributed by atoms with E-state index in [1.165, 1.54) is 0 Å². The summed E-state index contributed by atoms with van der Waals surface area (Å²) in [4.78, 5) is 30.6. The molecule has 3 aromatic rings. The lowest BCUT2D eigenvalue weighted by Crippen LogP contribution is -2.33. The fraction of sp³-hybridized carbons (Fsp3) is 0.435. The number of ether oxygens (including phenoxy) is 1. The molecule has 8 heteroatoms. The van der Waals surface area contributed by atoms with Crippen LogP contribution in [0.25, 0.3) is 22.4 Å². The van der Waals surface area contributed by atoms with Crippen molar-refractivity contribution in [2.45, 2.75) is 45.8 Å². The maximum atomic E-state index is 11.9. The first-order chi connectivity index (χ1) is 14.9. The Morgan fingerprint density at radius 1 is 1.35 bits per heavy atom. The fourth-order valence-corrected chi connectivity index (χ4v) is 3.96. The van der Waals surface area contributed by atoms with Gasteiger partial charge < -0.3 is 24.7 Å². The van der Waals surface area contributed by atoms with E-state index in [9.17, 15) is 9.59 Å². The van der Waals surface area contributed by atoms with Crippen molar-refractivity contribution in [2.24, 2.45) is 5.92 Å². The van der Waals surface area contributed by atoms with Crippen LogP contribution in [-0.4, -0.2) is 44.9 Å². The van der Waals surface area contributed by atoms with Gasteiger partial charge in [0.1, 0.15) is 11.9 Å². The summed E-state index contributed by atoms with van der Waals surface area (Å²) in [6.45, 7) is 6.26. The maximum absolute atomic E-state index is 11.9. The topological polar surface area (TPSA) is 109 Å². The van der Waals surface area contributed by atoms with E-state index in [0.29, 0.717) is 18.0 Å². The van der Waals surface area contributed by atoms with E-state index in [1.807, 2.05) is 24.3 Å². The minimum atomic E-state index is -0.877. The lowest BCUT2D eigenvalue weighted by Gasteiger charge is -2.23. The summed E-state index contributed by atoms with van der Waals surface area (Å²) in [7, 11) is 0. The molecule has 0 aliphatic carbocycles. The fourth-order valence-electron chi connectivity index (χ4n) is 3.96. The molecule has 3 N–H and O–H groups in total. The van der Waals surface area contributed by atoms with Gasteiger partial charge in [-0.15, -0.1) is 0 Å². The average Bonchev–Trinajstić information content (AvgIpc) is 3.12. The molecule has 1 aliphatic rings. The van der Waals surface area contributed by atoms with E-state index in [2.05, 4.69) is 14.9 Å². The minimum absolute atomic E-state index is 0.100. The monoisotopic (exact) mass is 424 g/mol. The smallest absolute Gasteiger partial charge is 0.320 e. The van der Waals surface area contributed by atoms with E-state index in [4.69, 9.17) is 14.8 Å². The molecule has 4 rings (SSSR count). The van der Waals surface area contributed by atoms with Crippen molar-refractivity contribution in [2.75, 3.05) is 13.2 Å². The number of carboxylic acids is 1. The van der Waals surface area contributed by atoms with E-state index < -0.39 is 12.0 Å². The number of carbonyl (C=O) groups is 1. The first-order valence-electron chi connectivity index (χ1n) is 10.6. The van der Waals surface area contributed by atoms with Crippen LogP contribution in [0.5, 0.6) is 0 Å². The number of H-pyrrole nitrogens is 1. The van der Waals surface area contributed by atoms with Crippen molar-refractivity contribution in [3.8, 4) is 11.4 Å². The summed E-state index contributed by atoms with van der Waals surface area (Å²) >= 11 is 0. The molecule has 1 aromatic carbocycles. The lowest BCUT2D eigenvalue weighted by molar-refractivity contribution is -0.139. The number of benzene rings is 1. The molecule has 31 heavy (non-hydrogen) atoms. The van der Waals surface area contributed by atoms with Crippen molar-refractivity contribution in [3.05, 3.63) is 51.9 Å². The number of hydrogen-bond acceptors (Lipinski definition) is 5. The van der Waals surface area contributed by atoms with E-state index in [0.717, 1.165) is 60.6 Å². The molecule has 0 radical (unpaired) electrons. The molecular formula is C23H28N4O4. The Labute approximate surface area is 180 Å². The van der Waals surface area contributed by atoms with Gasteiger partial charge in [-0.25, -0.2) is 4.98 Å². The van der Waals surface area contributed by atoms with Gasteiger partial charge in [-0.05, 0) is 56.4 Å². The predicted octanol–water partition coefficient (Wildman–Crippen LogP) is 2.69. The van der Waals surface area contributed by atoms with Gasteiger partial charge in [-0.2, -0.15) is 0 Å². The zero-order valence-electron chi connectivity index (χ0n) is 17.9. The Balaban J connectivity index is 1.72. The zero-order chi connectivity index (χ0) is 22.0. The molecule has 3 heterocycles. The highest BCUT2D eigenvalue weighted by Crippen LogP contribution is 2.28. The largest absolute Gasteiger partial charge is 0.480 e. The quantitative estimate of drug-likeness (QED) is 0.538. The van der Waals surface area contributed by atoms with Crippen molar-refractivity contribution in [3.63, 3.8) is 0 Å². The summed E-state index contributed by atoms with van der Waals surface area (Å²) in [5.41, 5.74) is 4.28. The molecular weight excluding hydrogens is 396 g/mol. The Hall–Kier alpha value is -2.97. The number of pyridine rings is 1. The second-order valence-electron chi connectivity index (χ2n) is 8.27. The first kappa shape index (κ1) is 21.3. The van der Waals surface area contributed by atoms with Gasteiger partial charge in [0, 0.05) is 43.6 Å². The zero-order valence-corrected chi connectivity index (χ0v) is 17.9. The SMILES string of the molecule is Cc1cc(-c2nc3cc(CN[C@@H](C)C(=O)O)ccc3n2CC2CCOCC2)c[nH]c1=O. The van der Waals surface area contributed by atoms with Crippen LogP contribution in [0.3, 0.4) is 0 Å². The highest BCUT2D eigenvalue weighted by molar-refractivity contribution is 5.81. The van der Waals surface area contributed by atoms with Crippen LogP contribution in [0.4, 0.5) is 0 Å². The van der Waals surface area contributed by atoms with E-state index in [-0.39, 0.29) is 5.56 Å². The maximum Gasteiger partial charge on any atom is 0.320 e. The van der Waals surface area contributed by atoms with Crippen LogP contribution < -0.4 is 10.9 Å². The van der Waals surface area contributed by atoms with Crippen LogP contribution in [-0.2, 0) is 22.6 Å².